The molecule has 104 valence electrons. The number of aromatic nitrogens is 1. The van der Waals surface area contributed by atoms with E-state index in [-0.39, 0.29) is 12.3 Å². The monoisotopic (exact) mass is 266 g/mol. The van der Waals surface area contributed by atoms with E-state index in [2.05, 4.69) is 4.98 Å². The quantitative estimate of drug-likeness (QED) is 0.737. The molecular formula is C13H18N2O4. The standard InChI is InChI=1S/C13H18N2O4/c1-8(7-10(14)12(16)17)11(13(18)19-2)9-3-5-15-6-4-9/h3-6,8,10-11H,7,14H2,1-2H3,(H,16,17)/t8?,10-,11?/m0/s1. The van der Waals surface area contributed by atoms with Gasteiger partial charge in [-0.25, -0.2) is 0 Å². The highest BCUT2D eigenvalue weighted by Crippen LogP contribution is 2.28. The largest absolute Gasteiger partial charge is 0.480 e. The maximum absolute atomic E-state index is 11.9. The Bertz CT molecular complexity index is 436. The number of rotatable bonds is 6. The lowest BCUT2D eigenvalue weighted by Gasteiger charge is -2.23. The van der Waals surface area contributed by atoms with E-state index in [1.54, 1.807) is 31.5 Å². The molecular weight excluding hydrogens is 248 g/mol. The van der Waals surface area contributed by atoms with Crippen molar-refractivity contribution in [3.8, 4) is 0 Å². The third kappa shape index (κ3) is 4.03. The summed E-state index contributed by atoms with van der Waals surface area (Å²) >= 11 is 0. The third-order valence-corrected chi connectivity index (χ3v) is 3.03. The maximum atomic E-state index is 11.9. The van der Waals surface area contributed by atoms with Gasteiger partial charge in [-0.3, -0.25) is 14.6 Å². The van der Waals surface area contributed by atoms with Crippen LogP contribution >= 0.6 is 0 Å². The number of hydrogen-bond donors (Lipinski definition) is 2. The number of aliphatic carboxylic acids is 1. The fourth-order valence-corrected chi connectivity index (χ4v) is 2.03. The summed E-state index contributed by atoms with van der Waals surface area (Å²) < 4.78 is 4.78. The fourth-order valence-electron chi connectivity index (χ4n) is 2.03. The summed E-state index contributed by atoms with van der Waals surface area (Å²) in [6, 6.07) is 2.43. The van der Waals surface area contributed by atoms with Crippen LogP contribution in [0.1, 0.15) is 24.8 Å². The van der Waals surface area contributed by atoms with Crippen LogP contribution in [-0.4, -0.2) is 35.2 Å². The molecule has 0 fully saturated rings. The van der Waals surface area contributed by atoms with Gasteiger partial charge < -0.3 is 15.6 Å². The van der Waals surface area contributed by atoms with Gasteiger partial charge in [-0.2, -0.15) is 0 Å². The van der Waals surface area contributed by atoms with Gasteiger partial charge in [0, 0.05) is 12.4 Å². The normalized spacial score (nSPS) is 15.3. The van der Waals surface area contributed by atoms with Crippen LogP contribution in [0, 0.1) is 5.92 Å². The van der Waals surface area contributed by atoms with Gasteiger partial charge in [0.1, 0.15) is 6.04 Å². The average molecular weight is 266 g/mol. The van der Waals surface area contributed by atoms with E-state index in [9.17, 15) is 9.59 Å². The number of ether oxygens (including phenoxy) is 1. The van der Waals surface area contributed by atoms with E-state index in [1.165, 1.54) is 7.11 Å². The Morgan fingerprint density at radius 1 is 1.42 bits per heavy atom. The number of pyridine rings is 1. The van der Waals surface area contributed by atoms with Crippen LogP contribution in [0.2, 0.25) is 0 Å². The van der Waals surface area contributed by atoms with Gasteiger partial charge in [0.05, 0.1) is 13.0 Å². The predicted octanol–water partition coefficient (Wildman–Crippen LogP) is 0.776. The molecule has 0 bridgehead atoms. The summed E-state index contributed by atoms with van der Waals surface area (Å²) in [5.41, 5.74) is 6.25. The molecule has 6 heteroatoms. The van der Waals surface area contributed by atoms with Gasteiger partial charge in [-0.1, -0.05) is 6.92 Å². The highest BCUT2D eigenvalue weighted by atomic mass is 16.5. The van der Waals surface area contributed by atoms with Crippen molar-refractivity contribution >= 4 is 11.9 Å². The molecule has 1 rings (SSSR count). The van der Waals surface area contributed by atoms with E-state index >= 15 is 0 Å². The molecule has 1 aromatic rings. The molecule has 0 saturated heterocycles. The van der Waals surface area contributed by atoms with Crippen LogP contribution in [-0.2, 0) is 14.3 Å². The number of carbonyl (C=O) groups is 2. The zero-order valence-corrected chi connectivity index (χ0v) is 10.9. The van der Waals surface area contributed by atoms with Crippen molar-refractivity contribution in [1.29, 1.82) is 0 Å². The Morgan fingerprint density at radius 2 is 2.00 bits per heavy atom. The summed E-state index contributed by atoms with van der Waals surface area (Å²) in [5, 5.41) is 8.83. The minimum atomic E-state index is -1.08. The molecule has 0 aliphatic carbocycles. The minimum absolute atomic E-state index is 0.192. The molecule has 19 heavy (non-hydrogen) atoms. The molecule has 0 spiro atoms. The van der Waals surface area contributed by atoms with Crippen molar-refractivity contribution in [1.82, 2.24) is 4.98 Å². The summed E-state index contributed by atoms with van der Waals surface area (Å²) in [6.07, 6.45) is 3.35. The summed E-state index contributed by atoms with van der Waals surface area (Å²) in [6.45, 7) is 1.78. The molecule has 0 aliphatic rings. The Hall–Kier alpha value is -1.95. The molecule has 1 heterocycles. The molecule has 2 unspecified atom stereocenters. The number of esters is 1. The lowest BCUT2D eigenvalue weighted by atomic mass is 9.84. The summed E-state index contributed by atoms with van der Waals surface area (Å²) in [4.78, 5) is 26.5. The Kier molecular flexibility index (Phi) is 5.44. The van der Waals surface area contributed by atoms with Gasteiger partial charge in [0.2, 0.25) is 0 Å². The van der Waals surface area contributed by atoms with Crippen LogP contribution in [0.25, 0.3) is 0 Å². The first-order valence-corrected chi connectivity index (χ1v) is 5.93. The lowest BCUT2D eigenvalue weighted by molar-refractivity contribution is -0.145. The SMILES string of the molecule is COC(=O)C(c1ccncc1)C(C)C[C@H](N)C(=O)O. The smallest absolute Gasteiger partial charge is 0.320 e. The van der Waals surface area contributed by atoms with E-state index < -0.39 is 23.9 Å². The maximum Gasteiger partial charge on any atom is 0.320 e. The number of nitrogens with zero attached hydrogens (tertiary/aromatic N) is 1. The van der Waals surface area contributed by atoms with Crippen LogP contribution in [0.15, 0.2) is 24.5 Å². The number of carboxylic acids is 1. The summed E-state index contributed by atoms with van der Waals surface area (Å²) in [5.74, 6) is -2.28. The molecule has 1 aromatic heterocycles. The number of nitrogens with two attached hydrogens (primary N) is 1. The molecule has 0 aromatic carbocycles. The van der Waals surface area contributed by atoms with E-state index in [0.717, 1.165) is 5.56 Å². The molecule has 0 aliphatic heterocycles. The van der Waals surface area contributed by atoms with Crippen LogP contribution in [0.5, 0.6) is 0 Å². The topological polar surface area (TPSA) is 103 Å². The highest BCUT2D eigenvalue weighted by Gasteiger charge is 2.30. The zero-order chi connectivity index (χ0) is 14.4. The molecule has 0 saturated carbocycles. The second-order valence-corrected chi connectivity index (χ2v) is 4.44. The van der Waals surface area contributed by atoms with Gasteiger partial charge >= 0.3 is 11.9 Å². The number of methoxy groups -OCH3 is 1. The summed E-state index contributed by atoms with van der Waals surface area (Å²) in [7, 11) is 1.31. The van der Waals surface area contributed by atoms with E-state index in [0.29, 0.717) is 0 Å². The van der Waals surface area contributed by atoms with Crippen molar-refractivity contribution in [2.75, 3.05) is 7.11 Å². The van der Waals surface area contributed by atoms with E-state index in [4.69, 9.17) is 15.6 Å². The predicted molar refractivity (Wildman–Crippen MR) is 68.4 cm³/mol. The van der Waals surface area contributed by atoms with Crippen LogP contribution in [0.4, 0.5) is 0 Å². The average Bonchev–Trinajstić information content (AvgIpc) is 2.39. The molecule has 3 N–H and O–H groups in total. The third-order valence-electron chi connectivity index (χ3n) is 3.03. The second kappa shape index (κ2) is 6.84. The fraction of sp³-hybridized carbons (Fsp3) is 0.462. The Morgan fingerprint density at radius 3 is 2.47 bits per heavy atom. The van der Waals surface area contributed by atoms with Crippen LogP contribution in [0.3, 0.4) is 0 Å². The lowest BCUT2D eigenvalue weighted by Crippen LogP contribution is -2.34. The van der Waals surface area contributed by atoms with Crippen LogP contribution < -0.4 is 5.73 Å². The van der Waals surface area contributed by atoms with Crippen molar-refractivity contribution in [3.05, 3.63) is 30.1 Å². The molecule has 3 atom stereocenters. The van der Waals surface area contributed by atoms with Gasteiger partial charge in [-0.05, 0) is 30.0 Å². The van der Waals surface area contributed by atoms with Gasteiger partial charge in [0.25, 0.3) is 0 Å². The van der Waals surface area contributed by atoms with Gasteiger partial charge in [-0.15, -0.1) is 0 Å². The van der Waals surface area contributed by atoms with E-state index in [1.807, 2.05) is 0 Å². The number of carbonyl (C=O) groups excluding carboxylic acids is 1. The first-order valence-electron chi connectivity index (χ1n) is 5.93. The first kappa shape index (κ1) is 15.1. The zero-order valence-electron chi connectivity index (χ0n) is 10.9. The van der Waals surface area contributed by atoms with Crippen molar-refractivity contribution in [2.45, 2.75) is 25.3 Å². The Balaban J connectivity index is 2.92. The second-order valence-electron chi connectivity index (χ2n) is 4.44. The minimum Gasteiger partial charge on any atom is -0.480 e. The highest BCUT2D eigenvalue weighted by molar-refractivity contribution is 5.78. The number of carboxylic acid groups (broad SMARTS) is 1. The van der Waals surface area contributed by atoms with Crippen molar-refractivity contribution in [2.24, 2.45) is 11.7 Å². The molecule has 0 amide bonds. The first-order chi connectivity index (χ1) is 8.97. The molecule has 6 nitrogen and oxygen atoms in total. The van der Waals surface area contributed by atoms with Crippen molar-refractivity contribution < 1.29 is 19.4 Å². The van der Waals surface area contributed by atoms with Gasteiger partial charge in [0.15, 0.2) is 0 Å². The molecule has 0 radical (unpaired) electrons. The Labute approximate surface area is 111 Å². The number of hydrogen-bond acceptors (Lipinski definition) is 5. The van der Waals surface area contributed by atoms with Crippen molar-refractivity contribution in [3.63, 3.8) is 0 Å².